The van der Waals surface area contributed by atoms with Gasteiger partial charge in [0.1, 0.15) is 0 Å². The van der Waals surface area contributed by atoms with Gasteiger partial charge >= 0.3 is 0 Å². The summed E-state index contributed by atoms with van der Waals surface area (Å²) in [6.07, 6.45) is 2.57. The highest BCUT2D eigenvalue weighted by Crippen LogP contribution is 2.26. The van der Waals surface area contributed by atoms with Gasteiger partial charge in [0.15, 0.2) is 0 Å². The Morgan fingerprint density at radius 2 is 2.05 bits per heavy atom. The van der Waals surface area contributed by atoms with Crippen LogP contribution < -0.4 is 10.6 Å². The van der Waals surface area contributed by atoms with Crippen LogP contribution in [0.3, 0.4) is 0 Å². The van der Waals surface area contributed by atoms with Gasteiger partial charge in [-0.2, -0.15) is 0 Å². The number of nitrogens with one attached hydrogen (secondary N) is 2. The number of benzene rings is 1. The summed E-state index contributed by atoms with van der Waals surface area (Å²) in [5.41, 5.74) is 0.580. The third-order valence-electron chi connectivity index (χ3n) is 4.09. The Hall–Kier alpha value is -1.88. The average Bonchev–Trinajstić information content (AvgIpc) is 2.97. The molecule has 1 heterocycles. The largest absolute Gasteiger partial charge is 0.345 e. The summed E-state index contributed by atoms with van der Waals surface area (Å²) in [6, 6.07) is 7.13. The van der Waals surface area contributed by atoms with Crippen LogP contribution in [0.5, 0.6) is 0 Å². The molecule has 1 saturated heterocycles. The van der Waals surface area contributed by atoms with E-state index in [0.29, 0.717) is 11.3 Å². The maximum absolute atomic E-state index is 12.6. The lowest BCUT2D eigenvalue weighted by Crippen LogP contribution is -2.50. The van der Waals surface area contributed by atoms with Crippen LogP contribution >= 0.6 is 0 Å². The van der Waals surface area contributed by atoms with E-state index in [1.165, 1.54) is 4.90 Å². The standard InChI is InChI=1S/C16H23N3O2/c1-4-16(10-7-11-17-16)15(21)18-13-9-6-5-8-12(13)14(20)19(2)3/h5-6,8-9,17H,4,7,10-11H2,1-3H3,(H,18,21). The molecular formula is C16H23N3O2. The summed E-state index contributed by atoms with van der Waals surface area (Å²) in [5, 5.41) is 6.23. The molecule has 1 unspecified atom stereocenters. The highest BCUT2D eigenvalue weighted by Gasteiger charge is 2.39. The molecule has 2 amide bonds. The van der Waals surface area contributed by atoms with Crippen molar-refractivity contribution < 1.29 is 9.59 Å². The van der Waals surface area contributed by atoms with Gasteiger partial charge in [0.2, 0.25) is 5.91 Å². The zero-order valence-electron chi connectivity index (χ0n) is 12.9. The van der Waals surface area contributed by atoms with Gasteiger partial charge in [-0.15, -0.1) is 0 Å². The first kappa shape index (κ1) is 15.5. The number of amides is 2. The number of carbonyl (C=O) groups excluding carboxylic acids is 2. The Bertz CT molecular complexity index is 534. The molecule has 0 aliphatic carbocycles. The number of hydrogen-bond acceptors (Lipinski definition) is 3. The van der Waals surface area contributed by atoms with Crippen LogP contribution in [0.15, 0.2) is 24.3 Å². The average molecular weight is 289 g/mol. The maximum atomic E-state index is 12.6. The normalized spacial score (nSPS) is 21.1. The first-order chi connectivity index (χ1) is 10.00. The molecule has 2 rings (SSSR count). The lowest BCUT2D eigenvalue weighted by atomic mass is 9.93. The molecule has 2 N–H and O–H groups in total. The minimum Gasteiger partial charge on any atom is -0.345 e. The molecule has 5 heteroatoms. The molecule has 1 atom stereocenters. The van der Waals surface area contributed by atoms with E-state index in [4.69, 9.17) is 0 Å². The third kappa shape index (κ3) is 3.08. The molecule has 0 bridgehead atoms. The van der Waals surface area contributed by atoms with Crippen LogP contribution in [0.4, 0.5) is 5.69 Å². The van der Waals surface area contributed by atoms with E-state index in [-0.39, 0.29) is 11.8 Å². The SMILES string of the molecule is CCC1(C(=O)Nc2ccccc2C(=O)N(C)C)CCCN1. The lowest BCUT2D eigenvalue weighted by Gasteiger charge is -2.27. The van der Waals surface area contributed by atoms with Crippen molar-refractivity contribution in [2.75, 3.05) is 26.0 Å². The molecule has 21 heavy (non-hydrogen) atoms. The second-order valence-corrected chi connectivity index (χ2v) is 5.67. The van der Waals surface area contributed by atoms with E-state index in [1.807, 2.05) is 13.0 Å². The van der Waals surface area contributed by atoms with E-state index in [1.54, 1.807) is 32.3 Å². The van der Waals surface area contributed by atoms with Crippen LogP contribution in [-0.2, 0) is 4.79 Å². The van der Waals surface area contributed by atoms with E-state index in [2.05, 4.69) is 10.6 Å². The summed E-state index contributed by atoms with van der Waals surface area (Å²) in [5.74, 6) is -0.169. The second kappa shape index (κ2) is 6.26. The fourth-order valence-corrected chi connectivity index (χ4v) is 2.72. The number of anilines is 1. The molecule has 1 aromatic carbocycles. The smallest absolute Gasteiger partial charge is 0.255 e. The monoisotopic (exact) mass is 289 g/mol. The van der Waals surface area contributed by atoms with Crippen LogP contribution in [-0.4, -0.2) is 42.9 Å². The number of carbonyl (C=O) groups is 2. The van der Waals surface area contributed by atoms with Crippen molar-refractivity contribution in [2.45, 2.75) is 31.7 Å². The van der Waals surface area contributed by atoms with Gasteiger partial charge in [0.25, 0.3) is 5.91 Å². The molecule has 0 spiro atoms. The van der Waals surface area contributed by atoms with E-state index >= 15 is 0 Å². The first-order valence-electron chi connectivity index (χ1n) is 7.37. The summed E-state index contributed by atoms with van der Waals surface area (Å²) in [6.45, 7) is 2.87. The van der Waals surface area contributed by atoms with Crippen molar-refractivity contribution in [1.29, 1.82) is 0 Å². The first-order valence-corrected chi connectivity index (χ1v) is 7.37. The lowest BCUT2D eigenvalue weighted by molar-refractivity contribution is -0.122. The number of rotatable bonds is 4. The Morgan fingerprint density at radius 1 is 1.33 bits per heavy atom. The molecular weight excluding hydrogens is 266 g/mol. The van der Waals surface area contributed by atoms with Crippen LogP contribution in [0, 0.1) is 0 Å². The summed E-state index contributed by atoms with van der Waals surface area (Å²) < 4.78 is 0. The quantitative estimate of drug-likeness (QED) is 0.889. The van der Waals surface area contributed by atoms with Crippen molar-refractivity contribution in [3.63, 3.8) is 0 Å². The fraction of sp³-hybridized carbons (Fsp3) is 0.500. The zero-order chi connectivity index (χ0) is 15.5. The van der Waals surface area contributed by atoms with Crippen molar-refractivity contribution in [1.82, 2.24) is 10.2 Å². The van der Waals surface area contributed by atoms with Crippen molar-refractivity contribution in [2.24, 2.45) is 0 Å². The Labute approximate surface area is 125 Å². The summed E-state index contributed by atoms with van der Waals surface area (Å²) in [7, 11) is 3.40. The molecule has 114 valence electrons. The molecule has 5 nitrogen and oxygen atoms in total. The minimum atomic E-state index is -0.506. The molecule has 0 radical (unpaired) electrons. The van der Waals surface area contributed by atoms with Gasteiger partial charge in [-0.1, -0.05) is 19.1 Å². The van der Waals surface area contributed by atoms with Crippen LogP contribution in [0.1, 0.15) is 36.5 Å². The highest BCUT2D eigenvalue weighted by molar-refractivity contribution is 6.05. The van der Waals surface area contributed by atoms with Gasteiger partial charge in [-0.3, -0.25) is 9.59 Å². The number of para-hydroxylation sites is 1. The molecule has 1 aliphatic rings. The predicted octanol–water partition coefficient (Wildman–Crippen LogP) is 1.86. The van der Waals surface area contributed by atoms with Crippen LogP contribution in [0.25, 0.3) is 0 Å². The Kier molecular flexibility index (Phi) is 4.63. The van der Waals surface area contributed by atoms with Crippen LogP contribution in [0.2, 0.25) is 0 Å². The Balaban J connectivity index is 2.24. The summed E-state index contributed by atoms with van der Waals surface area (Å²) >= 11 is 0. The molecule has 1 fully saturated rings. The molecule has 1 aromatic rings. The minimum absolute atomic E-state index is 0.0542. The van der Waals surface area contributed by atoms with Gasteiger partial charge in [0.05, 0.1) is 16.8 Å². The van der Waals surface area contributed by atoms with Gasteiger partial charge < -0.3 is 15.5 Å². The highest BCUT2D eigenvalue weighted by atomic mass is 16.2. The van der Waals surface area contributed by atoms with E-state index in [0.717, 1.165) is 25.8 Å². The molecule has 1 aliphatic heterocycles. The second-order valence-electron chi connectivity index (χ2n) is 5.67. The number of hydrogen-bond donors (Lipinski definition) is 2. The van der Waals surface area contributed by atoms with Crippen molar-refractivity contribution >= 4 is 17.5 Å². The van der Waals surface area contributed by atoms with Gasteiger partial charge in [-0.05, 0) is 37.9 Å². The summed E-state index contributed by atoms with van der Waals surface area (Å²) in [4.78, 5) is 26.3. The topological polar surface area (TPSA) is 61.4 Å². The zero-order valence-corrected chi connectivity index (χ0v) is 12.9. The van der Waals surface area contributed by atoms with E-state index in [9.17, 15) is 9.59 Å². The van der Waals surface area contributed by atoms with Gasteiger partial charge in [-0.25, -0.2) is 0 Å². The Morgan fingerprint density at radius 3 is 2.62 bits per heavy atom. The predicted molar refractivity (Wildman–Crippen MR) is 83.3 cm³/mol. The van der Waals surface area contributed by atoms with Crippen molar-refractivity contribution in [3.05, 3.63) is 29.8 Å². The maximum Gasteiger partial charge on any atom is 0.255 e. The molecule has 0 aromatic heterocycles. The number of nitrogens with zero attached hydrogens (tertiary/aromatic N) is 1. The molecule has 0 saturated carbocycles. The fourth-order valence-electron chi connectivity index (χ4n) is 2.72. The van der Waals surface area contributed by atoms with Crippen molar-refractivity contribution in [3.8, 4) is 0 Å². The third-order valence-corrected chi connectivity index (χ3v) is 4.09. The van der Waals surface area contributed by atoms with E-state index < -0.39 is 5.54 Å². The van der Waals surface area contributed by atoms with Gasteiger partial charge in [0, 0.05) is 14.1 Å².